The molecule has 1 aliphatic heterocycles. The van der Waals surface area contributed by atoms with Crippen molar-refractivity contribution in [1.29, 1.82) is 0 Å². The number of carboxylic acids is 1. The third-order valence-electron chi connectivity index (χ3n) is 5.92. The first-order valence-electron chi connectivity index (χ1n) is 10.2. The van der Waals surface area contributed by atoms with Crippen LogP contribution in [-0.4, -0.2) is 65.4 Å². The molecule has 2 fully saturated rings. The number of carbonyl (C=O) groups is 1. The molecule has 8 heteroatoms. The van der Waals surface area contributed by atoms with Crippen LogP contribution in [0.2, 0.25) is 6.32 Å². The lowest BCUT2D eigenvalue weighted by Crippen LogP contribution is -2.57. The summed E-state index contributed by atoms with van der Waals surface area (Å²) in [4.78, 5) is 13.9. The molecular formula is C20H30BN2O5. The van der Waals surface area contributed by atoms with Crippen molar-refractivity contribution in [3.05, 3.63) is 23.3 Å². The van der Waals surface area contributed by atoms with Gasteiger partial charge < -0.3 is 25.7 Å². The predicted octanol–water partition coefficient (Wildman–Crippen LogP) is 1.63. The van der Waals surface area contributed by atoms with Crippen molar-refractivity contribution in [2.75, 3.05) is 19.6 Å². The summed E-state index contributed by atoms with van der Waals surface area (Å²) in [5, 5.41) is 28.6. The summed E-state index contributed by atoms with van der Waals surface area (Å²) >= 11 is 0. The number of hydrogen-bond acceptors (Lipinski definition) is 6. The summed E-state index contributed by atoms with van der Waals surface area (Å²) < 4.78 is 5.86. The van der Waals surface area contributed by atoms with Crippen molar-refractivity contribution in [1.82, 2.24) is 4.90 Å². The number of aromatic carboxylic acids is 1. The fourth-order valence-corrected chi connectivity index (χ4v) is 4.28. The molecule has 28 heavy (non-hydrogen) atoms. The van der Waals surface area contributed by atoms with Crippen molar-refractivity contribution in [3.8, 4) is 11.5 Å². The zero-order valence-electron chi connectivity index (χ0n) is 16.2. The molecule has 3 rings (SSSR count). The van der Waals surface area contributed by atoms with Gasteiger partial charge in [-0.2, -0.15) is 0 Å². The highest BCUT2D eigenvalue weighted by Gasteiger charge is 2.33. The first kappa shape index (κ1) is 21.0. The molecule has 2 aliphatic rings. The SMILES string of the molecule is NC(CN1CC(Oc2ccc(CC[B]O)c(O)c2C(=O)O)C1)C1CCCCC1. The van der Waals surface area contributed by atoms with Gasteiger partial charge in [0.05, 0.1) is 0 Å². The van der Waals surface area contributed by atoms with Gasteiger partial charge in [0.2, 0.25) is 0 Å². The van der Waals surface area contributed by atoms with Gasteiger partial charge in [-0.15, -0.1) is 0 Å². The van der Waals surface area contributed by atoms with E-state index in [1.54, 1.807) is 12.1 Å². The lowest BCUT2D eigenvalue weighted by Gasteiger charge is -2.42. The molecule has 1 saturated carbocycles. The van der Waals surface area contributed by atoms with Gasteiger partial charge in [-0.25, -0.2) is 4.79 Å². The maximum absolute atomic E-state index is 11.6. The van der Waals surface area contributed by atoms with Crippen molar-refractivity contribution < 1.29 is 24.8 Å². The summed E-state index contributed by atoms with van der Waals surface area (Å²) in [6.45, 7) is 2.26. The van der Waals surface area contributed by atoms with Crippen LogP contribution in [0.25, 0.3) is 0 Å². The molecule has 0 spiro atoms. The van der Waals surface area contributed by atoms with E-state index in [0.29, 0.717) is 37.3 Å². The van der Waals surface area contributed by atoms with Crippen LogP contribution in [0.3, 0.4) is 0 Å². The standard InChI is InChI=1S/C20H30BN2O5/c22-16(13-4-2-1-3-5-13)12-23-10-15(11-23)28-17-7-6-14(8-9-21-27)19(24)18(17)20(25)26/h6-7,13,15-16,24,27H,1-5,8-12,22H2,(H,25,26). The van der Waals surface area contributed by atoms with Gasteiger partial charge in [0, 0.05) is 25.7 Å². The van der Waals surface area contributed by atoms with E-state index in [2.05, 4.69) is 4.90 Å². The van der Waals surface area contributed by atoms with E-state index in [1.807, 2.05) is 0 Å². The number of aromatic hydroxyl groups is 1. The molecule has 0 aromatic heterocycles. The van der Waals surface area contributed by atoms with Crippen molar-refractivity contribution in [2.45, 2.75) is 57.0 Å². The number of likely N-dealkylation sites (tertiary alicyclic amines) is 1. The number of ether oxygens (including phenoxy) is 1. The summed E-state index contributed by atoms with van der Waals surface area (Å²) in [6.07, 6.45) is 6.90. The third-order valence-corrected chi connectivity index (χ3v) is 5.92. The Morgan fingerprint density at radius 1 is 1.29 bits per heavy atom. The Morgan fingerprint density at radius 2 is 2.00 bits per heavy atom. The second-order valence-electron chi connectivity index (χ2n) is 7.99. The third kappa shape index (κ3) is 4.98. The molecule has 1 unspecified atom stereocenters. The van der Waals surface area contributed by atoms with Crippen LogP contribution in [0.15, 0.2) is 12.1 Å². The molecule has 1 aromatic rings. The number of phenols is 1. The second-order valence-corrected chi connectivity index (χ2v) is 7.99. The molecule has 153 valence electrons. The first-order chi connectivity index (χ1) is 13.5. The molecule has 0 amide bonds. The van der Waals surface area contributed by atoms with Crippen molar-refractivity contribution in [3.63, 3.8) is 0 Å². The zero-order chi connectivity index (χ0) is 20.1. The summed E-state index contributed by atoms with van der Waals surface area (Å²) in [6, 6.07) is 3.42. The zero-order valence-corrected chi connectivity index (χ0v) is 16.2. The molecular weight excluding hydrogens is 359 g/mol. The second kappa shape index (κ2) is 9.63. The van der Waals surface area contributed by atoms with Crippen molar-refractivity contribution >= 4 is 13.5 Å². The molecule has 1 saturated heterocycles. The maximum atomic E-state index is 11.6. The number of benzene rings is 1. The topological polar surface area (TPSA) is 116 Å². The monoisotopic (exact) mass is 389 g/mol. The Labute approximate surface area is 166 Å². The molecule has 1 heterocycles. The molecule has 1 aliphatic carbocycles. The largest absolute Gasteiger partial charge is 0.507 e. The number of nitrogens with two attached hydrogens (primary N) is 1. The summed E-state index contributed by atoms with van der Waals surface area (Å²) in [5.41, 5.74) is 6.64. The van der Waals surface area contributed by atoms with Gasteiger partial charge >= 0.3 is 5.97 Å². The van der Waals surface area contributed by atoms with E-state index in [0.717, 1.165) is 14.0 Å². The quantitative estimate of drug-likeness (QED) is 0.475. The Balaban J connectivity index is 1.55. The smallest absolute Gasteiger partial charge is 0.343 e. The molecule has 0 bridgehead atoms. The van der Waals surface area contributed by atoms with Crippen LogP contribution >= 0.6 is 0 Å². The van der Waals surface area contributed by atoms with Crippen LogP contribution in [0.5, 0.6) is 11.5 Å². The van der Waals surface area contributed by atoms with E-state index in [9.17, 15) is 15.0 Å². The Kier molecular flexibility index (Phi) is 7.21. The van der Waals surface area contributed by atoms with Gasteiger partial charge in [0.25, 0.3) is 7.48 Å². The van der Waals surface area contributed by atoms with Crippen LogP contribution in [0.4, 0.5) is 0 Å². The van der Waals surface area contributed by atoms with Gasteiger partial charge in [-0.1, -0.05) is 25.3 Å². The first-order valence-corrected chi connectivity index (χ1v) is 10.2. The lowest BCUT2D eigenvalue weighted by molar-refractivity contribution is 0.0105. The van der Waals surface area contributed by atoms with Gasteiger partial charge in [0.1, 0.15) is 23.2 Å². The molecule has 1 atom stereocenters. The average Bonchev–Trinajstić information content (AvgIpc) is 2.66. The van der Waals surface area contributed by atoms with Crippen LogP contribution in [-0.2, 0) is 6.42 Å². The van der Waals surface area contributed by atoms with Gasteiger partial charge in [-0.05, 0) is 43.1 Å². The summed E-state index contributed by atoms with van der Waals surface area (Å²) in [7, 11) is 0.991. The Bertz CT molecular complexity index is 675. The fraction of sp³-hybridized carbons (Fsp3) is 0.650. The van der Waals surface area contributed by atoms with E-state index >= 15 is 0 Å². The number of hydrogen-bond donors (Lipinski definition) is 4. The highest BCUT2D eigenvalue weighted by Crippen LogP contribution is 2.34. The molecule has 1 aromatic carbocycles. The molecule has 5 N–H and O–H groups in total. The fourth-order valence-electron chi connectivity index (χ4n) is 4.28. The normalized spacial score (nSPS) is 19.8. The molecule has 7 nitrogen and oxygen atoms in total. The van der Waals surface area contributed by atoms with E-state index in [-0.39, 0.29) is 29.2 Å². The average molecular weight is 389 g/mol. The van der Waals surface area contributed by atoms with Gasteiger partial charge in [-0.3, -0.25) is 4.90 Å². The highest BCUT2D eigenvalue weighted by molar-refractivity contribution is 6.25. The van der Waals surface area contributed by atoms with Crippen LogP contribution in [0, 0.1) is 5.92 Å². The number of aryl methyl sites for hydroxylation is 1. The highest BCUT2D eigenvalue weighted by atomic mass is 16.5. The van der Waals surface area contributed by atoms with Crippen LogP contribution < -0.4 is 10.5 Å². The molecule has 1 radical (unpaired) electrons. The van der Waals surface area contributed by atoms with E-state index in [1.165, 1.54) is 32.1 Å². The number of rotatable bonds is 9. The minimum atomic E-state index is -1.22. The number of carboxylic acid groups (broad SMARTS) is 1. The predicted molar refractivity (Wildman–Crippen MR) is 107 cm³/mol. The van der Waals surface area contributed by atoms with Crippen LogP contribution in [0.1, 0.15) is 48.0 Å². The van der Waals surface area contributed by atoms with E-state index in [4.69, 9.17) is 15.5 Å². The minimum absolute atomic E-state index is 0.104. The van der Waals surface area contributed by atoms with Crippen molar-refractivity contribution in [2.24, 2.45) is 11.7 Å². The minimum Gasteiger partial charge on any atom is -0.507 e. The number of nitrogens with zero attached hydrogens (tertiary/aromatic N) is 1. The summed E-state index contributed by atoms with van der Waals surface area (Å²) in [5.74, 6) is -0.726. The van der Waals surface area contributed by atoms with Gasteiger partial charge in [0.15, 0.2) is 0 Å². The Morgan fingerprint density at radius 3 is 2.64 bits per heavy atom. The Hall–Kier alpha value is -1.77. The van der Waals surface area contributed by atoms with E-state index < -0.39 is 5.97 Å². The lowest BCUT2D eigenvalue weighted by atomic mass is 9.84. The maximum Gasteiger partial charge on any atom is 0.343 e.